The number of hydrogen-bond acceptors (Lipinski definition) is 8. The molecular formula is C22H23N3O6S. The van der Waals surface area contributed by atoms with E-state index in [4.69, 9.17) is 14.2 Å². The third kappa shape index (κ3) is 5.27. The summed E-state index contributed by atoms with van der Waals surface area (Å²) >= 11 is 1.19. The Morgan fingerprint density at radius 1 is 1.16 bits per heavy atom. The Bertz CT molecular complexity index is 1060. The molecule has 2 aromatic carbocycles. The molecule has 1 aliphatic heterocycles. The molecule has 0 atom stereocenters. The molecule has 1 fully saturated rings. The van der Waals surface area contributed by atoms with Crippen LogP contribution in [0.5, 0.6) is 11.5 Å². The minimum Gasteiger partial charge on any atom is -0.496 e. The van der Waals surface area contributed by atoms with Crippen molar-refractivity contribution in [1.82, 2.24) is 4.90 Å². The molecule has 0 radical (unpaired) electrons. The largest absolute Gasteiger partial charge is 0.496 e. The van der Waals surface area contributed by atoms with Crippen molar-refractivity contribution in [2.45, 2.75) is 6.92 Å². The Labute approximate surface area is 189 Å². The smallest absolute Gasteiger partial charge is 0.311 e. The van der Waals surface area contributed by atoms with E-state index < -0.39 is 4.92 Å². The number of hydrogen-bond donors (Lipinski definition) is 0. The normalized spacial score (nSPS) is 16.1. The molecule has 0 saturated carbocycles. The molecule has 0 spiro atoms. The number of benzene rings is 2. The molecule has 0 bridgehead atoms. The molecule has 0 aromatic heterocycles. The molecule has 0 unspecified atom stereocenters. The first-order valence-electron chi connectivity index (χ1n) is 9.81. The summed E-state index contributed by atoms with van der Waals surface area (Å²) in [6, 6.07) is 12.1. The molecule has 168 valence electrons. The minimum absolute atomic E-state index is 0.0732. The number of rotatable bonds is 9. The summed E-state index contributed by atoms with van der Waals surface area (Å²) in [5, 5.41) is 11.9. The topological polar surface area (TPSA) is 104 Å². The Kier molecular flexibility index (Phi) is 7.85. The van der Waals surface area contributed by atoms with Crippen molar-refractivity contribution in [3.05, 3.63) is 63.0 Å². The van der Waals surface area contributed by atoms with E-state index in [1.54, 1.807) is 11.0 Å². The van der Waals surface area contributed by atoms with E-state index in [2.05, 4.69) is 4.99 Å². The van der Waals surface area contributed by atoms with Crippen molar-refractivity contribution in [3.63, 3.8) is 0 Å². The predicted molar refractivity (Wildman–Crippen MR) is 124 cm³/mol. The highest BCUT2D eigenvalue weighted by atomic mass is 32.2. The van der Waals surface area contributed by atoms with Gasteiger partial charge in [-0.05, 0) is 36.9 Å². The molecule has 9 nitrogen and oxygen atoms in total. The number of thioether (sulfide) groups is 1. The van der Waals surface area contributed by atoms with Crippen molar-refractivity contribution in [1.29, 1.82) is 0 Å². The lowest BCUT2D eigenvalue weighted by Gasteiger charge is -2.15. The van der Waals surface area contributed by atoms with Gasteiger partial charge in [0.2, 0.25) is 5.75 Å². The maximum atomic E-state index is 13.1. The number of carbonyl (C=O) groups excluding carboxylic acids is 1. The second-order valence-corrected chi connectivity index (χ2v) is 7.53. The SMILES string of the molecule is CCOCCN1C(=O)/C(=C/c2cc([N+](=O)[O-])c(OC)cc2OC)SC1=Nc1ccccc1. The lowest BCUT2D eigenvalue weighted by molar-refractivity contribution is -0.385. The fourth-order valence-corrected chi connectivity index (χ4v) is 4.02. The summed E-state index contributed by atoms with van der Waals surface area (Å²) in [4.78, 5) is 30.6. The first-order chi connectivity index (χ1) is 15.5. The zero-order chi connectivity index (χ0) is 23.1. The van der Waals surface area contributed by atoms with Gasteiger partial charge in [0.25, 0.3) is 5.91 Å². The molecule has 3 rings (SSSR count). The van der Waals surface area contributed by atoms with Crippen molar-refractivity contribution >= 4 is 40.3 Å². The van der Waals surface area contributed by atoms with Gasteiger partial charge in [-0.3, -0.25) is 19.8 Å². The Hall–Kier alpha value is -3.37. The number of nitro groups is 1. The molecule has 1 amide bonds. The van der Waals surface area contributed by atoms with Crippen molar-refractivity contribution in [3.8, 4) is 11.5 Å². The quantitative estimate of drug-likeness (QED) is 0.240. The van der Waals surface area contributed by atoms with Gasteiger partial charge in [-0.25, -0.2) is 4.99 Å². The second-order valence-electron chi connectivity index (χ2n) is 6.52. The fraction of sp³-hybridized carbons (Fsp3) is 0.273. The molecule has 2 aromatic rings. The van der Waals surface area contributed by atoms with E-state index >= 15 is 0 Å². The number of ether oxygens (including phenoxy) is 3. The Morgan fingerprint density at radius 2 is 1.88 bits per heavy atom. The lowest BCUT2D eigenvalue weighted by Crippen LogP contribution is -2.32. The maximum absolute atomic E-state index is 13.1. The van der Waals surface area contributed by atoms with Crippen LogP contribution in [0.1, 0.15) is 12.5 Å². The number of nitro benzene ring substituents is 1. The molecular weight excluding hydrogens is 434 g/mol. The number of nitrogens with zero attached hydrogens (tertiary/aromatic N) is 3. The van der Waals surface area contributed by atoms with Crippen molar-refractivity contribution in [2.75, 3.05) is 34.0 Å². The van der Waals surface area contributed by atoms with Gasteiger partial charge in [-0.2, -0.15) is 0 Å². The van der Waals surface area contributed by atoms with Gasteiger partial charge in [0.05, 0.1) is 42.9 Å². The summed E-state index contributed by atoms with van der Waals surface area (Å²) in [6.45, 7) is 3.12. The highest BCUT2D eigenvalue weighted by Gasteiger charge is 2.33. The number of aliphatic imine (C=N–C) groups is 1. The first-order valence-corrected chi connectivity index (χ1v) is 10.6. The standard InChI is InChI=1S/C22H23N3O6S/c1-4-31-11-10-24-21(26)20(32-22(24)23-16-8-6-5-7-9-16)13-15-12-17(25(27)28)19(30-3)14-18(15)29-2/h5-9,12-14H,4,10-11H2,1-3H3/b20-13-,23-22?. The number of carbonyl (C=O) groups is 1. The average molecular weight is 458 g/mol. The summed E-state index contributed by atoms with van der Waals surface area (Å²) in [5.41, 5.74) is 0.881. The van der Waals surface area contributed by atoms with E-state index in [0.717, 1.165) is 0 Å². The van der Waals surface area contributed by atoms with Gasteiger partial charge in [-0.1, -0.05) is 18.2 Å². The molecule has 1 aliphatic rings. The first kappa shape index (κ1) is 23.3. The van der Waals surface area contributed by atoms with Crippen LogP contribution in [0, 0.1) is 10.1 Å². The average Bonchev–Trinajstić information content (AvgIpc) is 3.08. The van der Waals surface area contributed by atoms with Gasteiger partial charge in [0.15, 0.2) is 5.17 Å². The summed E-state index contributed by atoms with van der Waals surface area (Å²) < 4.78 is 15.9. The van der Waals surface area contributed by atoms with Crippen LogP contribution < -0.4 is 9.47 Å². The van der Waals surface area contributed by atoms with E-state index in [-0.39, 0.29) is 17.3 Å². The summed E-state index contributed by atoms with van der Waals surface area (Å²) in [5.74, 6) is 0.164. The molecule has 0 aliphatic carbocycles. The fourth-order valence-electron chi connectivity index (χ4n) is 3.00. The van der Waals surface area contributed by atoms with Crippen LogP contribution in [-0.4, -0.2) is 54.9 Å². The predicted octanol–water partition coefficient (Wildman–Crippen LogP) is 4.25. The molecule has 10 heteroatoms. The Balaban J connectivity index is 2.02. The van der Waals surface area contributed by atoms with Gasteiger partial charge in [0, 0.05) is 24.3 Å². The lowest BCUT2D eigenvalue weighted by atomic mass is 10.1. The number of methoxy groups -OCH3 is 2. The monoisotopic (exact) mass is 457 g/mol. The molecule has 1 heterocycles. The van der Waals surface area contributed by atoms with Crippen LogP contribution in [-0.2, 0) is 9.53 Å². The van der Waals surface area contributed by atoms with Crippen LogP contribution in [0.25, 0.3) is 6.08 Å². The highest BCUT2D eigenvalue weighted by Crippen LogP contribution is 2.39. The van der Waals surface area contributed by atoms with Crippen molar-refractivity contribution < 1.29 is 23.9 Å². The van der Waals surface area contributed by atoms with Crippen LogP contribution in [0.2, 0.25) is 0 Å². The van der Waals surface area contributed by atoms with Gasteiger partial charge < -0.3 is 14.2 Å². The molecule has 1 saturated heterocycles. The van der Waals surface area contributed by atoms with Crippen molar-refractivity contribution in [2.24, 2.45) is 4.99 Å². The minimum atomic E-state index is -0.541. The second kappa shape index (κ2) is 10.8. The van der Waals surface area contributed by atoms with Crippen LogP contribution in [0.4, 0.5) is 11.4 Å². The van der Waals surface area contributed by atoms with Crippen LogP contribution >= 0.6 is 11.8 Å². The zero-order valence-corrected chi connectivity index (χ0v) is 18.8. The van der Waals surface area contributed by atoms with Crippen LogP contribution in [0.15, 0.2) is 52.4 Å². The summed E-state index contributed by atoms with van der Waals surface area (Å²) in [6.07, 6.45) is 1.57. The third-order valence-corrected chi connectivity index (χ3v) is 5.55. The van der Waals surface area contributed by atoms with E-state index in [1.807, 2.05) is 37.3 Å². The molecule has 0 N–H and O–H groups in total. The number of amidine groups is 1. The third-order valence-electron chi connectivity index (χ3n) is 4.55. The summed E-state index contributed by atoms with van der Waals surface area (Å²) in [7, 11) is 2.79. The van der Waals surface area contributed by atoms with E-state index in [9.17, 15) is 14.9 Å². The van der Waals surface area contributed by atoms with Gasteiger partial charge >= 0.3 is 5.69 Å². The van der Waals surface area contributed by atoms with E-state index in [1.165, 1.54) is 38.1 Å². The Morgan fingerprint density at radius 3 is 2.50 bits per heavy atom. The number of para-hydroxylation sites is 1. The number of amides is 1. The van der Waals surface area contributed by atoms with E-state index in [0.29, 0.717) is 46.8 Å². The maximum Gasteiger partial charge on any atom is 0.311 e. The van der Waals surface area contributed by atoms with Crippen LogP contribution in [0.3, 0.4) is 0 Å². The zero-order valence-electron chi connectivity index (χ0n) is 17.9. The van der Waals surface area contributed by atoms with Gasteiger partial charge in [-0.15, -0.1) is 0 Å². The van der Waals surface area contributed by atoms with Gasteiger partial charge in [0.1, 0.15) is 5.75 Å². The molecule has 32 heavy (non-hydrogen) atoms. The highest BCUT2D eigenvalue weighted by molar-refractivity contribution is 8.18.